The fraction of sp³-hybridized carbons (Fsp3) is 0.556. The number of hydrogen-bond donors (Lipinski definition) is 0. The predicted octanol–water partition coefficient (Wildman–Crippen LogP) is 28.3. The highest BCUT2D eigenvalue weighted by Crippen LogP contribution is 2.65. The molecular formula is C90H118S4. The standard InChI is InChI=1S/C90H118S4/c1-11-21-27-29-35-69-53-83(91-59-69)85-75-55-89(79-49-65(45-61(17-7)31-23-13-3)37-41-71(79)72-42-38-66(50-80(72)89)46-62(18-8)32-24-14-4)57-77(75)87(93-85)88-78-58-90(56-76(78)86(94-88)84-54-70(60-92-84)36-30-28-22-12-2)81-51-67(47-63(19-9)33-25-15-5)39-43-73(81)74-44-40-68(52-82(74)90)48-64(20-10)34-26-16-6/h37-44,49-54,59-64H,11-36,45-48,55-58H2,1-10H3. The van der Waals surface area contributed by atoms with Crippen LogP contribution in [0.25, 0.3) is 51.5 Å². The third-order valence-electron chi connectivity index (χ3n) is 24.0. The van der Waals surface area contributed by atoms with Crippen molar-refractivity contribution in [2.75, 3.05) is 0 Å². The van der Waals surface area contributed by atoms with Gasteiger partial charge in [0.25, 0.3) is 0 Å². The first-order valence-electron chi connectivity index (χ1n) is 39.1. The maximum Gasteiger partial charge on any atom is 0.0487 e. The summed E-state index contributed by atoms with van der Waals surface area (Å²) in [6.45, 7) is 24.0. The Labute approximate surface area is 588 Å². The highest BCUT2D eigenvalue weighted by atomic mass is 32.1. The van der Waals surface area contributed by atoms with Crippen LogP contribution in [0, 0.1) is 23.7 Å². The van der Waals surface area contributed by atoms with Gasteiger partial charge in [0, 0.05) is 40.1 Å². The van der Waals surface area contributed by atoms with Gasteiger partial charge in [0.1, 0.15) is 0 Å². The van der Waals surface area contributed by atoms with Crippen LogP contribution in [0.1, 0.15) is 301 Å². The minimum atomic E-state index is -0.114. The van der Waals surface area contributed by atoms with Gasteiger partial charge in [0.2, 0.25) is 0 Å². The molecular weight excluding hydrogens is 1210 g/mol. The van der Waals surface area contributed by atoms with E-state index in [1.54, 1.807) is 97.4 Å². The zero-order chi connectivity index (χ0) is 65.3. The molecule has 8 aromatic rings. The summed E-state index contributed by atoms with van der Waals surface area (Å²) in [6, 6.07) is 37.1. The molecule has 0 N–H and O–H groups in total. The van der Waals surface area contributed by atoms with Gasteiger partial charge in [-0.3, -0.25) is 0 Å². The van der Waals surface area contributed by atoms with Gasteiger partial charge >= 0.3 is 0 Å². The second kappa shape index (κ2) is 32.1. The van der Waals surface area contributed by atoms with Crippen molar-refractivity contribution in [1.29, 1.82) is 0 Å². The van der Waals surface area contributed by atoms with Crippen LogP contribution in [0.5, 0.6) is 0 Å². The molecule has 4 heteroatoms. The minimum absolute atomic E-state index is 0.114. The van der Waals surface area contributed by atoms with E-state index in [2.05, 4.69) is 210 Å². The molecule has 0 bridgehead atoms. The zero-order valence-corrected chi connectivity index (χ0v) is 63.5. The molecule has 94 heavy (non-hydrogen) atoms. The van der Waals surface area contributed by atoms with E-state index in [9.17, 15) is 0 Å². The molecule has 502 valence electrons. The molecule has 4 aliphatic carbocycles. The van der Waals surface area contributed by atoms with E-state index >= 15 is 0 Å². The molecule has 0 amide bonds. The van der Waals surface area contributed by atoms with Crippen LogP contribution < -0.4 is 0 Å². The lowest BCUT2D eigenvalue weighted by molar-refractivity contribution is 0.448. The Bertz CT molecular complexity index is 3400. The van der Waals surface area contributed by atoms with Gasteiger partial charge in [-0.15, -0.1) is 45.3 Å². The van der Waals surface area contributed by atoms with Crippen molar-refractivity contribution in [2.24, 2.45) is 23.7 Å². The Morgan fingerprint density at radius 3 is 0.872 bits per heavy atom. The van der Waals surface area contributed by atoms with Gasteiger partial charge in [-0.1, -0.05) is 283 Å². The number of benzene rings is 4. The molecule has 4 aromatic heterocycles. The molecule has 4 unspecified atom stereocenters. The highest BCUT2D eigenvalue weighted by Gasteiger charge is 2.53. The van der Waals surface area contributed by atoms with Crippen LogP contribution >= 0.6 is 45.3 Å². The lowest BCUT2D eigenvalue weighted by atomic mass is 9.74. The number of fused-ring (bicyclic) bond motifs is 12. The van der Waals surface area contributed by atoms with Crippen molar-refractivity contribution in [3.8, 4) is 51.5 Å². The van der Waals surface area contributed by atoms with E-state index in [4.69, 9.17) is 0 Å². The zero-order valence-electron chi connectivity index (χ0n) is 60.2. The van der Waals surface area contributed by atoms with Crippen LogP contribution in [0.2, 0.25) is 0 Å². The molecule has 4 aromatic carbocycles. The first kappa shape index (κ1) is 69.6. The van der Waals surface area contributed by atoms with E-state index < -0.39 is 0 Å². The van der Waals surface area contributed by atoms with Crippen molar-refractivity contribution in [3.63, 3.8) is 0 Å². The Balaban J connectivity index is 1.05. The Morgan fingerprint density at radius 1 is 0.309 bits per heavy atom. The van der Waals surface area contributed by atoms with E-state index in [1.165, 1.54) is 225 Å². The quantitative estimate of drug-likeness (QED) is 0.0341. The Hall–Kier alpha value is -4.32. The van der Waals surface area contributed by atoms with Crippen molar-refractivity contribution in [3.05, 3.63) is 174 Å². The summed E-state index contributed by atoms with van der Waals surface area (Å²) in [5.41, 5.74) is 28.4. The molecule has 0 saturated heterocycles. The van der Waals surface area contributed by atoms with Crippen LogP contribution in [0.3, 0.4) is 0 Å². The average molecular weight is 1330 g/mol. The monoisotopic (exact) mass is 1330 g/mol. The van der Waals surface area contributed by atoms with Crippen molar-refractivity contribution < 1.29 is 0 Å². The molecule has 4 atom stereocenters. The van der Waals surface area contributed by atoms with Crippen molar-refractivity contribution >= 4 is 45.3 Å². The van der Waals surface area contributed by atoms with E-state index in [-0.39, 0.29) is 10.8 Å². The van der Waals surface area contributed by atoms with Gasteiger partial charge in [-0.25, -0.2) is 0 Å². The molecule has 0 radical (unpaired) electrons. The summed E-state index contributed by atoms with van der Waals surface area (Å²) in [7, 11) is 0. The molecule has 0 aliphatic heterocycles. The van der Waals surface area contributed by atoms with Gasteiger partial charge in [-0.2, -0.15) is 0 Å². The topological polar surface area (TPSA) is 0 Å². The predicted molar refractivity (Wildman–Crippen MR) is 418 cm³/mol. The molecule has 0 fully saturated rings. The lowest BCUT2D eigenvalue weighted by Gasteiger charge is -2.29. The van der Waals surface area contributed by atoms with Crippen LogP contribution in [-0.4, -0.2) is 0 Å². The summed E-state index contributed by atoms with van der Waals surface area (Å²) in [5.74, 6) is 2.91. The smallest absolute Gasteiger partial charge is 0.0487 e. The largest absolute Gasteiger partial charge is 0.143 e. The fourth-order valence-corrected chi connectivity index (χ4v) is 23.2. The first-order chi connectivity index (χ1) is 46.1. The van der Waals surface area contributed by atoms with Crippen LogP contribution in [-0.2, 0) is 75.0 Å². The van der Waals surface area contributed by atoms with Gasteiger partial charge in [-0.05, 0) is 224 Å². The molecule has 0 nitrogen and oxygen atoms in total. The van der Waals surface area contributed by atoms with E-state index in [0.29, 0.717) is 0 Å². The number of hydrogen-bond acceptors (Lipinski definition) is 4. The molecule has 12 rings (SSSR count). The van der Waals surface area contributed by atoms with E-state index in [0.717, 1.165) is 49.4 Å². The fourth-order valence-electron chi connectivity index (χ4n) is 18.2. The SMILES string of the molecule is CCCCCCc1csc(-c2sc(-c3sc(-c4cc(CCCCCC)cs4)c4c3CC3(C4)c4cc(CC(CC)CCCC)ccc4-c4ccc(CC(CC)CCCC)cc43)c3c2CC2(C3)c3cc(CC(CC)CCCC)ccc3-c3ccc(CC(CC)CCCC)cc32)c1. The lowest BCUT2D eigenvalue weighted by Crippen LogP contribution is -2.27. The summed E-state index contributed by atoms with van der Waals surface area (Å²) in [6.07, 6.45) is 42.7. The second-order valence-corrected chi connectivity index (χ2v) is 34.4. The first-order valence-corrected chi connectivity index (χ1v) is 42.4. The van der Waals surface area contributed by atoms with Crippen LogP contribution in [0.15, 0.2) is 95.7 Å². The highest BCUT2D eigenvalue weighted by molar-refractivity contribution is 7.28. The van der Waals surface area contributed by atoms with E-state index in [1.807, 2.05) is 0 Å². The summed E-state index contributed by atoms with van der Waals surface area (Å²) in [5, 5.41) is 5.11. The van der Waals surface area contributed by atoms with Gasteiger partial charge < -0.3 is 0 Å². The number of unbranched alkanes of at least 4 members (excludes halogenated alkanes) is 10. The van der Waals surface area contributed by atoms with Crippen molar-refractivity contribution in [1.82, 2.24) is 0 Å². The number of rotatable bonds is 37. The molecule has 0 saturated carbocycles. The third kappa shape index (κ3) is 14.4. The maximum absolute atomic E-state index is 2.78. The average Bonchev–Trinajstić information content (AvgIpc) is 1.53. The molecule has 4 aliphatic rings. The summed E-state index contributed by atoms with van der Waals surface area (Å²) >= 11 is 8.55. The Kier molecular flexibility index (Phi) is 23.8. The van der Waals surface area contributed by atoms with Gasteiger partial charge in [0.05, 0.1) is 0 Å². The number of thiophene rings is 4. The maximum atomic E-state index is 2.78. The normalized spacial score (nSPS) is 17.9. The molecule has 2 spiro atoms. The molecule has 4 heterocycles. The number of aryl methyl sites for hydroxylation is 2. The van der Waals surface area contributed by atoms with Crippen LogP contribution in [0.4, 0.5) is 0 Å². The Morgan fingerprint density at radius 2 is 0.596 bits per heavy atom. The summed E-state index contributed by atoms with van der Waals surface area (Å²) in [4.78, 5) is 9.43. The second-order valence-electron chi connectivity index (χ2n) is 30.6. The van der Waals surface area contributed by atoms with Crippen molar-refractivity contribution in [2.45, 2.75) is 298 Å². The summed E-state index contributed by atoms with van der Waals surface area (Å²) < 4.78 is 0. The minimum Gasteiger partial charge on any atom is -0.143 e. The third-order valence-corrected chi connectivity index (χ3v) is 29.0. The van der Waals surface area contributed by atoms with Gasteiger partial charge in [0.15, 0.2) is 0 Å².